The van der Waals surface area contributed by atoms with Crippen molar-refractivity contribution in [2.24, 2.45) is 5.92 Å². The van der Waals surface area contributed by atoms with Crippen LogP contribution in [-0.4, -0.2) is 51.3 Å². The molecule has 0 bridgehead atoms. The molecule has 0 radical (unpaired) electrons. The number of barbiturate groups is 1. The lowest BCUT2D eigenvalue weighted by molar-refractivity contribution is -0.145. The molecule has 2 fully saturated rings. The fourth-order valence-corrected chi connectivity index (χ4v) is 5.98. The molecule has 10 heteroatoms. The minimum Gasteiger partial charge on any atom is -0.598 e. The molecule has 2 aliphatic heterocycles. The Hall–Kier alpha value is -2.01. The van der Waals surface area contributed by atoms with E-state index in [1.807, 2.05) is 20.8 Å². The van der Waals surface area contributed by atoms with E-state index in [1.165, 1.54) is 17.0 Å². The molecule has 0 aromatic heterocycles. The van der Waals surface area contributed by atoms with Gasteiger partial charge >= 0.3 is 6.03 Å². The predicted octanol–water partition coefficient (Wildman–Crippen LogP) is 2.67. The molecule has 2 heterocycles. The van der Waals surface area contributed by atoms with Gasteiger partial charge in [0.05, 0.1) is 5.54 Å². The van der Waals surface area contributed by atoms with Crippen molar-refractivity contribution in [1.29, 1.82) is 0 Å². The Morgan fingerprint density at radius 3 is 2.65 bits per heavy atom. The number of urea groups is 1. The van der Waals surface area contributed by atoms with Crippen LogP contribution < -0.4 is 10.0 Å². The zero-order valence-corrected chi connectivity index (χ0v) is 20.6. The number of carbonyl (C=O) groups is 3. The molecule has 3 aliphatic rings. The molecule has 1 aromatic carbocycles. The van der Waals surface area contributed by atoms with Crippen LogP contribution >= 0.6 is 0 Å². The van der Waals surface area contributed by atoms with Crippen molar-refractivity contribution in [2.75, 3.05) is 13.2 Å². The standard InChI is InChI=1S/C24H32FN3O5S/c1-23(2,3)34(32)27-24(10-6-15-4-5-16(25)14-19(15)24)11-7-18-20(29)26-22(31)28(21(18)30)17-8-12-33-13-9-17/h4-5,14,17-18,27H,6-13H2,1-3H3,(H,26,29,31)/t18?,24-,34?/m1/s1. The summed E-state index contributed by atoms with van der Waals surface area (Å²) in [5, 5.41) is 2.33. The zero-order chi connectivity index (χ0) is 24.7. The van der Waals surface area contributed by atoms with Gasteiger partial charge < -0.3 is 9.29 Å². The van der Waals surface area contributed by atoms with Crippen molar-refractivity contribution in [2.45, 2.75) is 75.6 Å². The fraction of sp³-hybridized carbons (Fsp3) is 0.625. The van der Waals surface area contributed by atoms with E-state index in [1.54, 1.807) is 6.07 Å². The van der Waals surface area contributed by atoms with E-state index in [-0.39, 0.29) is 12.5 Å². The number of rotatable bonds is 6. The maximum Gasteiger partial charge on any atom is 0.331 e. The van der Waals surface area contributed by atoms with Gasteiger partial charge in [0.25, 0.3) is 0 Å². The Balaban J connectivity index is 1.59. The number of amides is 4. The lowest BCUT2D eigenvalue weighted by atomic mass is 9.84. The van der Waals surface area contributed by atoms with Crippen LogP contribution in [0.2, 0.25) is 0 Å². The largest absolute Gasteiger partial charge is 0.598 e. The highest BCUT2D eigenvalue weighted by atomic mass is 32.2. The summed E-state index contributed by atoms with van der Waals surface area (Å²) >= 11 is -1.46. The molecular weight excluding hydrogens is 461 g/mol. The van der Waals surface area contributed by atoms with E-state index in [2.05, 4.69) is 10.0 Å². The lowest BCUT2D eigenvalue weighted by Crippen LogP contribution is -2.62. The second-order valence-corrected chi connectivity index (χ2v) is 12.3. The van der Waals surface area contributed by atoms with Crippen molar-refractivity contribution in [3.05, 3.63) is 35.1 Å². The van der Waals surface area contributed by atoms with E-state index in [0.717, 1.165) is 5.56 Å². The highest BCUT2D eigenvalue weighted by Crippen LogP contribution is 2.43. The van der Waals surface area contributed by atoms with Gasteiger partial charge in [0.2, 0.25) is 11.8 Å². The minimum atomic E-state index is -1.46. The number of hydrogen-bond acceptors (Lipinski definition) is 6. The highest BCUT2D eigenvalue weighted by Gasteiger charge is 2.48. The monoisotopic (exact) mass is 493 g/mol. The minimum absolute atomic E-state index is 0.141. The Kier molecular flexibility index (Phi) is 7.06. The van der Waals surface area contributed by atoms with E-state index >= 15 is 0 Å². The Morgan fingerprint density at radius 2 is 1.97 bits per heavy atom. The maximum absolute atomic E-state index is 14.2. The van der Waals surface area contributed by atoms with Crippen LogP contribution in [0.3, 0.4) is 0 Å². The van der Waals surface area contributed by atoms with Gasteiger partial charge in [-0.1, -0.05) is 6.07 Å². The van der Waals surface area contributed by atoms with Crippen molar-refractivity contribution in [3.8, 4) is 0 Å². The van der Waals surface area contributed by atoms with Gasteiger partial charge in [0, 0.05) is 30.6 Å². The average molecular weight is 494 g/mol. The van der Waals surface area contributed by atoms with Gasteiger partial charge in [-0.25, -0.2) is 9.18 Å². The molecule has 1 aliphatic carbocycles. The summed E-state index contributed by atoms with van der Waals surface area (Å²) in [6.07, 6.45) is 2.73. The first-order valence-corrected chi connectivity index (χ1v) is 12.9. The maximum atomic E-state index is 14.2. The zero-order valence-electron chi connectivity index (χ0n) is 19.8. The molecule has 0 saturated carbocycles. The van der Waals surface area contributed by atoms with E-state index < -0.39 is 51.2 Å². The van der Waals surface area contributed by atoms with Crippen molar-refractivity contribution >= 4 is 29.2 Å². The second kappa shape index (κ2) is 9.56. The van der Waals surface area contributed by atoms with Crippen LogP contribution in [-0.2, 0) is 37.6 Å². The third kappa shape index (κ3) is 4.86. The summed E-state index contributed by atoms with van der Waals surface area (Å²) in [6.45, 7) is 6.45. The number of fused-ring (bicyclic) bond motifs is 1. The van der Waals surface area contributed by atoms with Crippen molar-refractivity contribution < 1.29 is 28.1 Å². The number of halogens is 1. The summed E-state index contributed by atoms with van der Waals surface area (Å²) < 4.78 is 35.3. The summed E-state index contributed by atoms with van der Waals surface area (Å²) in [5.74, 6) is -2.57. The van der Waals surface area contributed by atoms with Crippen LogP contribution in [0.15, 0.2) is 18.2 Å². The summed E-state index contributed by atoms with van der Waals surface area (Å²) in [6, 6.07) is 3.60. The molecule has 8 nitrogen and oxygen atoms in total. The SMILES string of the molecule is CC(C)(C)[S+]([O-])N[C@@]1(CCC2C(=O)NC(=O)N(C3CCOCC3)C2=O)CCc2ccc(F)cc21. The van der Waals surface area contributed by atoms with Gasteiger partial charge in [-0.2, -0.15) is 0 Å². The fourth-order valence-electron chi connectivity index (χ4n) is 5.01. The first-order valence-electron chi connectivity index (χ1n) is 11.8. The van der Waals surface area contributed by atoms with E-state index in [0.29, 0.717) is 50.9 Å². The second-order valence-electron chi connectivity index (χ2n) is 10.3. The molecule has 186 valence electrons. The van der Waals surface area contributed by atoms with Gasteiger partial charge in [-0.15, -0.1) is 4.72 Å². The van der Waals surface area contributed by atoms with Crippen molar-refractivity contribution in [1.82, 2.24) is 14.9 Å². The van der Waals surface area contributed by atoms with Gasteiger partial charge in [0.1, 0.15) is 16.5 Å². The molecule has 2 N–H and O–H groups in total. The molecule has 34 heavy (non-hydrogen) atoms. The summed E-state index contributed by atoms with van der Waals surface area (Å²) in [4.78, 5) is 39.6. The summed E-state index contributed by atoms with van der Waals surface area (Å²) in [7, 11) is 0. The highest BCUT2D eigenvalue weighted by molar-refractivity contribution is 7.90. The molecule has 2 unspecified atom stereocenters. The van der Waals surface area contributed by atoms with Crippen LogP contribution in [0.25, 0.3) is 0 Å². The quantitative estimate of drug-likeness (QED) is 0.466. The van der Waals surface area contributed by atoms with E-state index in [4.69, 9.17) is 4.74 Å². The van der Waals surface area contributed by atoms with Crippen LogP contribution in [0.1, 0.15) is 64.0 Å². The lowest BCUT2D eigenvalue weighted by Gasteiger charge is -2.39. The van der Waals surface area contributed by atoms with Crippen LogP contribution in [0.4, 0.5) is 9.18 Å². The first-order chi connectivity index (χ1) is 16.0. The molecule has 3 atom stereocenters. The number of ether oxygens (including phenoxy) is 1. The Labute approximate surface area is 202 Å². The van der Waals surface area contributed by atoms with Crippen LogP contribution in [0.5, 0.6) is 0 Å². The van der Waals surface area contributed by atoms with Crippen molar-refractivity contribution in [3.63, 3.8) is 0 Å². The normalized spacial score (nSPS) is 27.0. The van der Waals surface area contributed by atoms with E-state index in [9.17, 15) is 23.3 Å². The molecule has 1 aromatic rings. The number of hydrogen-bond donors (Lipinski definition) is 2. The van der Waals surface area contributed by atoms with Gasteiger partial charge in [0.15, 0.2) is 0 Å². The van der Waals surface area contributed by atoms with Gasteiger partial charge in [-0.05, 0) is 82.6 Å². The number of nitrogens with zero attached hydrogens (tertiary/aromatic N) is 1. The number of carbonyl (C=O) groups excluding carboxylic acids is 3. The third-order valence-corrected chi connectivity index (χ3v) is 8.66. The topological polar surface area (TPSA) is 111 Å². The molecule has 2 saturated heterocycles. The number of nitrogens with one attached hydrogen (secondary N) is 2. The average Bonchev–Trinajstić information content (AvgIpc) is 3.11. The number of benzene rings is 1. The molecule has 4 rings (SSSR count). The number of aryl methyl sites for hydroxylation is 1. The Morgan fingerprint density at radius 1 is 1.26 bits per heavy atom. The molecule has 4 amide bonds. The summed E-state index contributed by atoms with van der Waals surface area (Å²) in [5.41, 5.74) is 0.825. The smallest absolute Gasteiger partial charge is 0.331 e. The Bertz CT molecular complexity index is 978. The molecule has 0 spiro atoms. The third-order valence-electron chi connectivity index (χ3n) is 6.97. The molecular formula is C24H32FN3O5S. The number of imide groups is 2. The van der Waals surface area contributed by atoms with Crippen LogP contribution in [0, 0.1) is 11.7 Å². The van der Waals surface area contributed by atoms with Gasteiger partial charge in [-0.3, -0.25) is 19.8 Å². The first kappa shape index (κ1) is 25.1. The predicted molar refractivity (Wildman–Crippen MR) is 124 cm³/mol.